The number of nitrogens with two attached hydrogens (primary N) is 1. The van der Waals surface area contributed by atoms with Crippen molar-refractivity contribution < 1.29 is 9.26 Å². The third-order valence-electron chi connectivity index (χ3n) is 2.19. The van der Waals surface area contributed by atoms with Crippen LogP contribution < -0.4 is 5.73 Å². The molecule has 0 amide bonds. The third kappa shape index (κ3) is 2.82. The highest BCUT2D eigenvalue weighted by molar-refractivity contribution is 6.30. The number of rotatable bonds is 4. The highest BCUT2D eigenvalue weighted by Gasteiger charge is 2.15. The fraction of sp³-hybridized carbons (Fsp3) is 0.273. The SMILES string of the molecule is COCC(N)c1noc(-c2cccc(Cl)c2)n1. The molecule has 90 valence electrons. The topological polar surface area (TPSA) is 74.2 Å². The second-order valence-electron chi connectivity index (χ2n) is 3.53. The van der Waals surface area contributed by atoms with Gasteiger partial charge >= 0.3 is 0 Å². The first kappa shape index (κ1) is 12.0. The quantitative estimate of drug-likeness (QED) is 0.903. The fourth-order valence-electron chi connectivity index (χ4n) is 1.38. The molecule has 0 aliphatic heterocycles. The van der Waals surface area contributed by atoms with E-state index in [1.165, 1.54) is 0 Å². The second kappa shape index (κ2) is 5.27. The summed E-state index contributed by atoms with van der Waals surface area (Å²) in [5.41, 5.74) is 6.56. The lowest BCUT2D eigenvalue weighted by Gasteiger charge is -2.03. The number of methoxy groups -OCH3 is 1. The van der Waals surface area contributed by atoms with Gasteiger partial charge in [0, 0.05) is 17.7 Å². The first-order valence-electron chi connectivity index (χ1n) is 5.05. The molecule has 2 rings (SSSR count). The Hall–Kier alpha value is -1.43. The summed E-state index contributed by atoms with van der Waals surface area (Å²) in [4.78, 5) is 4.20. The zero-order valence-electron chi connectivity index (χ0n) is 9.26. The maximum atomic E-state index is 5.88. The summed E-state index contributed by atoms with van der Waals surface area (Å²) < 4.78 is 10.0. The number of aromatic nitrogens is 2. The van der Waals surface area contributed by atoms with E-state index in [0.717, 1.165) is 5.56 Å². The van der Waals surface area contributed by atoms with Gasteiger partial charge in [0.05, 0.1) is 12.6 Å². The lowest BCUT2D eigenvalue weighted by atomic mass is 10.2. The zero-order chi connectivity index (χ0) is 12.3. The molecule has 0 bridgehead atoms. The van der Waals surface area contributed by atoms with E-state index in [0.29, 0.717) is 23.3 Å². The van der Waals surface area contributed by atoms with Gasteiger partial charge < -0.3 is 15.0 Å². The summed E-state index contributed by atoms with van der Waals surface area (Å²) in [6.07, 6.45) is 0. The molecule has 0 spiro atoms. The van der Waals surface area contributed by atoms with E-state index in [1.54, 1.807) is 19.2 Å². The predicted octanol–water partition coefficient (Wildman–Crippen LogP) is 2.04. The van der Waals surface area contributed by atoms with Crippen LogP contribution in [0, 0.1) is 0 Å². The van der Waals surface area contributed by atoms with Crippen LogP contribution in [0.1, 0.15) is 11.9 Å². The molecule has 0 saturated heterocycles. The Kier molecular flexibility index (Phi) is 3.73. The Balaban J connectivity index is 2.23. The Bertz CT molecular complexity index is 501. The van der Waals surface area contributed by atoms with Crippen LogP contribution >= 0.6 is 11.6 Å². The van der Waals surface area contributed by atoms with E-state index < -0.39 is 6.04 Å². The third-order valence-corrected chi connectivity index (χ3v) is 2.43. The molecular weight excluding hydrogens is 242 g/mol. The van der Waals surface area contributed by atoms with Gasteiger partial charge in [-0.05, 0) is 18.2 Å². The van der Waals surface area contributed by atoms with Gasteiger partial charge in [-0.25, -0.2) is 0 Å². The van der Waals surface area contributed by atoms with Crippen molar-refractivity contribution in [3.63, 3.8) is 0 Å². The molecular formula is C11H12ClN3O2. The van der Waals surface area contributed by atoms with Gasteiger partial charge in [0.2, 0.25) is 0 Å². The van der Waals surface area contributed by atoms with Crippen LogP contribution in [0.2, 0.25) is 5.02 Å². The molecule has 0 saturated carbocycles. The average molecular weight is 254 g/mol. The Morgan fingerprint density at radius 3 is 3.06 bits per heavy atom. The molecule has 0 radical (unpaired) electrons. The fourth-order valence-corrected chi connectivity index (χ4v) is 1.57. The van der Waals surface area contributed by atoms with Gasteiger partial charge in [0.1, 0.15) is 0 Å². The van der Waals surface area contributed by atoms with Crippen molar-refractivity contribution in [1.29, 1.82) is 0 Å². The smallest absolute Gasteiger partial charge is 0.258 e. The van der Waals surface area contributed by atoms with E-state index in [-0.39, 0.29) is 0 Å². The summed E-state index contributed by atoms with van der Waals surface area (Å²) in [5.74, 6) is 0.816. The largest absolute Gasteiger partial charge is 0.383 e. The van der Waals surface area contributed by atoms with Crippen molar-refractivity contribution in [2.75, 3.05) is 13.7 Å². The Morgan fingerprint density at radius 1 is 1.53 bits per heavy atom. The molecule has 0 aliphatic rings. The second-order valence-corrected chi connectivity index (χ2v) is 3.97. The standard InChI is InChI=1S/C11H12ClN3O2/c1-16-6-9(13)10-14-11(17-15-10)7-3-2-4-8(12)5-7/h2-5,9H,6,13H2,1H3. The van der Waals surface area contributed by atoms with Crippen LogP contribution in [0.5, 0.6) is 0 Å². The summed E-state index contributed by atoms with van der Waals surface area (Å²) in [6, 6.07) is 6.79. The summed E-state index contributed by atoms with van der Waals surface area (Å²) in [5, 5.41) is 4.42. The van der Waals surface area contributed by atoms with Crippen LogP contribution in [0.15, 0.2) is 28.8 Å². The maximum Gasteiger partial charge on any atom is 0.258 e. The molecule has 1 heterocycles. The molecule has 0 fully saturated rings. The van der Waals surface area contributed by atoms with E-state index in [4.69, 9.17) is 26.6 Å². The molecule has 1 atom stereocenters. The molecule has 6 heteroatoms. The van der Waals surface area contributed by atoms with Crippen molar-refractivity contribution in [2.24, 2.45) is 5.73 Å². The van der Waals surface area contributed by atoms with Gasteiger partial charge in [-0.3, -0.25) is 0 Å². The summed E-state index contributed by atoms with van der Waals surface area (Å²) >= 11 is 5.88. The molecule has 1 aromatic carbocycles. The maximum absolute atomic E-state index is 5.88. The van der Waals surface area contributed by atoms with Crippen molar-refractivity contribution in [3.05, 3.63) is 35.1 Å². The van der Waals surface area contributed by atoms with Crippen LogP contribution in [-0.2, 0) is 4.74 Å². The van der Waals surface area contributed by atoms with E-state index >= 15 is 0 Å². The monoisotopic (exact) mass is 253 g/mol. The number of benzene rings is 1. The highest BCUT2D eigenvalue weighted by atomic mass is 35.5. The average Bonchev–Trinajstić information content (AvgIpc) is 2.78. The highest BCUT2D eigenvalue weighted by Crippen LogP contribution is 2.21. The van der Waals surface area contributed by atoms with Crippen LogP contribution in [0.3, 0.4) is 0 Å². The Morgan fingerprint density at radius 2 is 2.35 bits per heavy atom. The molecule has 0 aliphatic carbocycles. The number of ether oxygens (including phenoxy) is 1. The molecule has 1 aromatic heterocycles. The minimum absolute atomic E-state index is 0.342. The molecule has 5 nitrogen and oxygen atoms in total. The number of hydrogen-bond acceptors (Lipinski definition) is 5. The van der Waals surface area contributed by atoms with Crippen molar-refractivity contribution >= 4 is 11.6 Å². The Labute approximate surface area is 104 Å². The number of nitrogens with zero attached hydrogens (tertiary/aromatic N) is 2. The van der Waals surface area contributed by atoms with Gasteiger partial charge in [-0.15, -0.1) is 0 Å². The lowest BCUT2D eigenvalue weighted by Crippen LogP contribution is -2.17. The first-order chi connectivity index (χ1) is 8.20. The van der Waals surface area contributed by atoms with Crippen LogP contribution in [0.4, 0.5) is 0 Å². The van der Waals surface area contributed by atoms with Gasteiger partial charge in [0.25, 0.3) is 5.89 Å². The number of hydrogen-bond donors (Lipinski definition) is 1. The summed E-state index contributed by atoms with van der Waals surface area (Å²) in [6.45, 7) is 0.342. The predicted molar refractivity (Wildman–Crippen MR) is 63.5 cm³/mol. The van der Waals surface area contributed by atoms with Crippen LogP contribution in [0.25, 0.3) is 11.5 Å². The van der Waals surface area contributed by atoms with E-state index in [9.17, 15) is 0 Å². The minimum atomic E-state index is -0.392. The molecule has 1 unspecified atom stereocenters. The van der Waals surface area contributed by atoms with E-state index in [1.807, 2.05) is 12.1 Å². The van der Waals surface area contributed by atoms with Gasteiger partial charge in [0.15, 0.2) is 5.82 Å². The molecule has 17 heavy (non-hydrogen) atoms. The normalized spacial score (nSPS) is 12.6. The minimum Gasteiger partial charge on any atom is -0.383 e. The zero-order valence-corrected chi connectivity index (χ0v) is 10.0. The van der Waals surface area contributed by atoms with Gasteiger partial charge in [-0.1, -0.05) is 22.8 Å². The molecule has 2 aromatic rings. The summed E-state index contributed by atoms with van der Waals surface area (Å²) in [7, 11) is 1.57. The first-order valence-corrected chi connectivity index (χ1v) is 5.42. The van der Waals surface area contributed by atoms with Crippen molar-refractivity contribution in [1.82, 2.24) is 10.1 Å². The van der Waals surface area contributed by atoms with Crippen LogP contribution in [-0.4, -0.2) is 23.9 Å². The van der Waals surface area contributed by atoms with E-state index in [2.05, 4.69) is 10.1 Å². The van der Waals surface area contributed by atoms with Gasteiger partial charge in [-0.2, -0.15) is 4.98 Å². The number of halogens is 1. The lowest BCUT2D eigenvalue weighted by molar-refractivity contribution is 0.177. The van der Waals surface area contributed by atoms with Crippen molar-refractivity contribution in [3.8, 4) is 11.5 Å². The van der Waals surface area contributed by atoms with Crippen molar-refractivity contribution in [2.45, 2.75) is 6.04 Å². The molecule has 2 N–H and O–H groups in total.